The van der Waals surface area contributed by atoms with Gasteiger partial charge in [0.1, 0.15) is 5.78 Å². The van der Waals surface area contributed by atoms with E-state index in [1.807, 2.05) is 12.1 Å². The fraction of sp³-hybridized carbons (Fsp3) is 0.269. The number of allylic oxidation sites excluding steroid dienone is 1. The summed E-state index contributed by atoms with van der Waals surface area (Å²) in [5.74, 6) is 0.150. The molecule has 2 heterocycles. The third-order valence-electron chi connectivity index (χ3n) is 5.88. The highest BCUT2D eigenvalue weighted by Gasteiger charge is 2.32. The van der Waals surface area contributed by atoms with Crippen LogP contribution in [0, 0.1) is 5.92 Å². The van der Waals surface area contributed by atoms with E-state index in [4.69, 9.17) is 0 Å². The Morgan fingerprint density at radius 2 is 1.79 bits per heavy atom. The SMILES string of the molecule is C=CCCC(=O)CC1CN(C(=O)c2ccc(CS(=O)(=O)c3cccc4cccnc34)cc2)C1. The number of aromatic nitrogens is 1. The predicted molar refractivity (Wildman–Crippen MR) is 128 cm³/mol. The molecule has 1 aliphatic rings. The molecule has 1 saturated heterocycles. The van der Waals surface area contributed by atoms with Gasteiger partial charge in [-0.15, -0.1) is 6.58 Å². The fourth-order valence-corrected chi connectivity index (χ4v) is 5.64. The van der Waals surface area contributed by atoms with Crippen molar-refractivity contribution in [3.05, 3.63) is 84.6 Å². The van der Waals surface area contributed by atoms with Gasteiger partial charge in [0, 0.05) is 49.0 Å². The minimum Gasteiger partial charge on any atom is -0.338 e. The molecule has 3 aromatic rings. The second-order valence-corrected chi connectivity index (χ2v) is 10.4. The predicted octanol–water partition coefficient (Wildman–Crippen LogP) is 4.21. The first kappa shape index (κ1) is 22.9. The van der Waals surface area contributed by atoms with Gasteiger partial charge in [-0.2, -0.15) is 0 Å². The Kier molecular flexibility index (Phi) is 6.70. The molecule has 0 aliphatic carbocycles. The van der Waals surface area contributed by atoms with E-state index < -0.39 is 9.84 Å². The van der Waals surface area contributed by atoms with E-state index in [-0.39, 0.29) is 28.3 Å². The number of sulfone groups is 1. The molecular weight excluding hydrogens is 436 g/mol. The molecule has 1 amide bonds. The van der Waals surface area contributed by atoms with Gasteiger partial charge in [0.15, 0.2) is 9.84 Å². The third kappa shape index (κ3) is 5.20. The van der Waals surface area contributed by atoms with Crippen molar-refractivity contribution in [3.8, 4) is 0 Å². The van der Waals surface area contributed by atoms with Crippen molar-refractivity contribution < 1.29 is 18.0 Å². The van der Waals surface area contributed by atoms with Crippen LogP contribution in [-0.4, -0.2) is 43.1 Å². The number of para-hydroxylation sites is 1. The average Bonchev–Trinajstić information content (AvgIpc) is 2.79. The van der Waals surface area contributed by atoms with Crippen molar-refractivity contribution in [1.29, 1.82) is 0 Å². The second kappa shape index (κ2) is 9.67. The summed E-state index contributed by atoms with van der Waals surface area (Å²) >= 11 is 0. The van der Waals surface area contributed by atoms with Gasteiger partial charge in [-0.3, -0.25) is 14.6 Å². The van der Waals surface area contributed by atoms with E-state index in [2.05, 4.69) is 11.6 Å². The van der Waals surface area contributed by atoms with Crippen LogP contribution in [0.4, 0.5) is 0 Å². The van der Waals surface area contributed by atoms with Crippen LogP contribution in [-0.2, 0) is 20.4 Å². The molecule has 1 fully saturated rings. The van der Waals surface area contributed by atoms with Crippen molar-refractivity contribution >= 4 is 32.4 Å². The number of rotatable bonds is 9. The molecule has 0 bridgehead atoms. The molecule has 170 valence electrons. The Labute approximate surface area is 193 Å². The minimum absolute atomic E-state index is 0.0996. The maximum Gasteiger partial charge on any atom is 0.253 e. The van der Waals surface area contributed by atoms with Gasteiger partial charge in [-0.25, -0.2) is 8.42 Å². The van der Waals surface area contributed by atoms with Crippen molar-refractivity contribution in [1.82, 2.24) is 9.88 Å². The Hall–Kier alpha value is -3.32. The van der Waals surface area contributed by atoms with E-state index in [1.165, 1.54) is 0 Å². The van der Waals surface area contributed by atoms with Crippen LogP contribution in [0.5, 0.6) is 0 Å². The standard InChI is InChI=1S/C26H26N2O4S/c1-2-3-8-23(29)15-20-16-28(17-20)26(30)22-12-10-19(11-13-22)18-33(31,32)24-9-4-6-21-7-5-14-27-25(21)24/h2,4-7,9-14,20H,1,3,8,15-18H2. The first-order valence-electron chi connectivity index (χ1n) is 10.9. The van der Waals surface area contributed by atoms with Crippen LogP contribution >= 0.6 is 0 Å². The molecule has 1 aromatic heterocycles. The van der Waals surface area contributed by atoms with E-state index in [1.54, 1.807) is 59.6 Å². The number of ketones is 1. The maximum atomic E-state index is 13.0. The summed E-state index contributed by atoms with van der Waals surface area (Å²) in [5.41, 5.74) is 1.58. The quantitative estimate of drug-likeness (QED) is 0.445. The molecule has 33 heavy (non-hydrogen) atoms. The Bertz CT molecular complexity index is 1290. The number of Topliss-reactive ketones (excluding diaryl/α,β-unsaturated/α-hetero) is 1. The fourth-order valence-electron chi connectivity index (χ4n) is 4.10. The van der Waals surface area contributed by atoms with Crippen LogP contribution in [0.15, 0.2) is 78.3 Å². The van der Waals surface area contributed by atoms with E-state index in [9.17, 15) is 18.0 Å². The van der Waals surface area contributed by atoms with E-state index >= 15 is 0 Å². The Morgan fingerprint density at radius 3 is 2.52 bits per heavy atom. The van der Waals surface area contributed by atoms with E-state index in [0.717, 1.165) is 5.39 Å². The number of likely N-dealkylation sites (tertiary alicyclic amines) is 1. The number of nitrogens with zero attached hydrogens (tertiary/aromatic N) is 2. The van der Waals surface area contributed by atoms with Crippen LogP contribution < -0.4 is 0 Å². The maximum absolute atomic E-state index is 13.0. The van der Waals surface area contributed by atoms with Gasteiger partial charge in [-0.05, 0) is 36.2 Å². The number of amides is 1. The first-order chi connectivity index (χ1) is 15.9. The summed E-state index contributed by atoms with van der Waals surface area (Å²) in [7, 11) is -3.60. The molecule has 0 spiro atoms. The lowest BCUT2D eigenvalue weighted by Crippen LogP contribution is -2.50. The van der Waals surface area contributed by atoms with Crippen LogP contribution in [0.2, 0.25) is 0 Å². The number of fused-ring (bicyclic) bond motifs is 1. The van der Waals surface area contributed by atoms with Crippen LogP contribution in [0.25, 0.3) is 10.9 Å². The highest BCUT2D eigenvalue weighted by Crippen LogP contribution is 2.25. The molecule has 0 N–H and O–H groups in total. The molecule has 0 radical (unpaired) electrons. The number of carbonyl (C=O) groups is 2. The lowest BCUT2D eigenvalue weighted by molar-refractivity contribution is -0.121. The zero-order valence-electron chi connectivity index (χ0n) is 18.3. The largest absolute Gasteiger partial charge is 0.338 e. The average molecular weight is 463 g/mol. The van der Waals surface area contributed by atoms with E-state index in [0.29, 0.717) is 49.0 Å². The first-order valence-corrected chi connectivity index (χ1v) is 12.6. The zero-order chi connectivity index (χ0) is 23.4. The van der Waals surface area contributed by atoms with Crippen LogP contribution in [0.3, 0.4) is 0 Å². The Balaban J connectivity index is 1.38. The summed E-state index contributed by atoms with van der Waals surface area (Å²) in [6, 6.07) is 15.4. The summed E-state index contributed by atoms with van der Waals surface area (Å²) in [6.45, 7) is 4.77. The van der Waals surface area contributed by atoms with Gasteiger partial charge < -0.3 is 4.90 Å². The summed E-state index contributed by atoms with van der Waals surface area (Å²) in [4.78, 5) is 30.7. The molecule has 0 saturated carbocycles. The molecule has 4 rings (SSSR count). The smallest absolute Gasteiger partial charge is 0.253 e. The van der Waals surface area contributed by atoms with Gasteiger partial charge >= 0.3 is 0 Å². The number of hydrogen-bond acceptors (Lipinski definition) is 5. The molecule has 1 aliphatic heterocycles. The number of benzene rings is 2. The molecule has 0 atom stereocenters. The Morgan fingerprint density at radius 1 is 1.06 bits per heavy atom. The second-order valence-electron chi connectivity index (χ2n) is 8.43. The lowest BCUT2D eigenvalue weighted by Gasteiger charge is -2.39. The van der Waals surface area contributed by atoms with Crippen molar-refractivity contribution in [3.63, 3.8) is 0 Å². The highest BCUT2D eigenvalue weighted by atomic mass is 32.2. The monoisotopic (exact) mass is 462 g/mol. The number of pyridine rings is 1. The normalized spacial score (nSPS) is 14.1. The number of carbonyl (C=O) groups excluding carboxylic acids is 2. The summed E-state index contributed by atoms with van der Waals surface area (Å²) in [5, 5.41) is 0.773. The van der Waals surface area contributed by atoms with Crippen molar-refractivity contribution in [2.24, 2.45) is 5.92 Å². The van der Waals surface area contributed by atoms with Gasteiger partial charge in [0.2, 0.25) is 0 Å². The topological polar surface area (TPSA) is 84.4 Å². The zero-order valence-corrected chi connectivity index (χ0v) is 19.1. The summed E-state index contributed by atoms with van der Waals surface area (Å²) in [6.07, 6.45) is 5.01. The van der Waals surface area contributed by atoms with Gasteiger partial charge in [0.25, 0.3) is 5.91 Å². The molecular formula is C26H26N2O4S. The van der Waals surface area contributed by atoms with Crippen LogP contribution in [0.1, 0.15) is 35.2 Å². The molecule has 7 heteroatoms. The molecule has 0 unspecified atom stereocenters. The van der Waals surface area contributed by atoms with Gasteiger partial charge in [-0.1, -0.05) is 36.4 Å². The van der Waals surface area contributed by atoms with Crippen molar-refractivity contribution in [2.45, 2.75) is 29.9 Å². The molecule has 6 nitrogen and oxygen atoms in total. The van der Waals surface area contributed by atoms with Crippen molar-refractivity contribution in [2.75, 3.05) is 13.1 Å². The third-order valence-corrected chi connectivity index (χ3v) is 7.59. The number of hydrogen-bond donors (Lipinski definition) is 0. The summed E-state index contributed by atoms with van der Waals surface area (Å²) < 4.78 is 26.1. The molecule has 2 aromatic carbocycles. The minimum atomic E-state index is -3.60. The lowest BCUT2D eigenvalue weighted by atomic mass is 9.92. The highest BCUT2D eigenvalue weighted by molar-refractivity contribution is 7.90. The van der Waals surface area contributed by atoms with Gasteiger partial charge in [0.05, 0.1) is 16.2 Å².